The summed E-state index contributed by atoms with van der Waals surface area (Å²) in [5, 5.41) is 0. The van der Waals surface area contributed by atoms with Crippen molar-refractivity contribution in [1.29, 1.82) is 0 Å². The molecule has 0 amide bonds. The molecule has 1 aromatic rings. The standard InChI is InChI=1S/C11H13F3N2O2S/c12-8-3-5-16(6-4-8)19(17,18)15-11-2-1-9(13)7-10(11)14/h1-2,7-8,15H,3-6H2. The van der Waals surface area contributed by atoms with Crippen LogP contribution in [0.15, 0.2) is 18.2 Å². The number of alkyl halides is 1. The van der Waals surface area contributed by atoms with E-state index in [1.54, 1.807) is 0 Å². The highest BCUT2D eigenvalue weighted by atomic mass is 32.2. The summed E-state index contributed by atoms with van der Waals surface area (Å²) >= 11 is 0. The summed E-state index contributed by atoms with van der Waals surface area (Å²) < 4.78 is 66.0. The minimum atomic E-state index is -3.94. The van der Waals surface area contributed by atoms with Crippen molar-refractivity contribution in [2.24, 2.45) is 0 Å². The number of nitrogens with one attached hydrogen (secondary N) is 1. The molecule has 0 aromatic heterocycles. The molecule has 1 aromatic carbocycles. The van der Waals surface area contributed by atoms with Crippen LogP contribution in [-0.2, 0) is 10.2 Å². The Hall–Kier alpha value is -1.28. The Kier molecular flexibility index (Phi) is 4.00. The number of halogens is 3. The van der Waals surface area contributed by atoms with Crippen molar-refractivity contribution in [3.63, 3.8) is 0 Å². The van der Waals surface area contributed by atoms with Crippen molar-refractivity contribution < 1.29 is 21.6 Å². The number of piperidine rings is 1. The van der Waals surface area contributed by atoms with E-state index in [4.69, 9.17) is 0 Å². The van der Waals surface area contributed by atoms with Crippen LogP contribution in [0.4, 0.5) is 18.9 Å². The summed E-state index contributed by atoms with van der Waals surface area (Å²) in [4.78, 5) is 0. The fraction of sp³-hybridized carbons (Fsp3) is 0.455. The number of hydrogen-bond acceptors (Lipinski definition) is 2. The number of hydrogen-bond donors (Lipinski definition) is 1. The molecule has 0 spiro atoms. The molecular weight excluding hydrogens is 281 g/mol. The van der Waals surface area contributed by atoms with Gasteiger partial charge in [-0.2, -0.15) is 12.7 Å². The van der Waals surface area contributed by atoms with Crippen LogP contribution in [-0.4, -0.2) is 32.0 Å². The number of benzene rings is 1. The molecule has 8 heteroatoms. The van der Waals surface area contributed by atoms with Gasteiger partial charge in [0.25, 0.3) is 0 Å². The smallest absolute Gasteiger partial charge is 0.268 e. The summed E-state index contributed by atoms with van der Waals surface area (Å²) in [5.41, 5.74) is -0.330. The average Bonchev–Trinajstić information content (AvgIpc) is 2.33. The Balaban J connectivity index is 2.12. The predicted molar refractivity (Wildman–Crippen MR) is 64.6 cm³/mol. The van der Waals surface area contributed by atoms with Gasteiger partial charge < -0.3 is 0 Å². The van der Waals surface area contributed by atoms with Crippen LogP contribution in [0.1, 0.15) is 12.8 Å². The van der Waals surface area contributed by atoms with Crippen LogP contribution in [0.5, 0.6) is 0 Å². The molecule has 19 heavy (non-hydrogen) atoms. The molecule has 1 saturated heterocycles. The van der Waals surface area contributed by atoms with E-state index in [1.165, 1.54) is 0 Å². The third kappa shape index (κ3) is 3.38. The van der Waals surface area contributed by atoms with E-state index >= 15 is 0 Å². The Labute approximate surface area is 109 Å². The second kappa shape index (κ2) is 5.38. The molecule has 1 aliphatic rings. The van der Waals surface area contributed by atoms with Crippen molar-refractivity contribution in [2.75, 3.05) is 17.8 Å². The molecule has 0 atom stereocenters. The summed E-state index contributed by atoms with van der Waals surface area (Å²) in [6.45, 7) is 0.0820. The molecule has 1 heterocycles. The maximum atomic E-state index is 13.4. The molecule has 0 saturated carbocycles. The largest absolute Gasteiger partial charge is 0.301 e. The number of anilines is 1. The van der Waals surface area contributed by atoms with E-state index in [1.807, 2.05) is 4.72 Å². The summed E-state index contributed by atoms with van der Waals surface area (Å²) in [7, 11) is -3.94. The zero-order valence-corrected chi connectivity index (χ0v) is 10.8. The van der Waals surface area contributed by atoms with Gasteiger partial charge in [-0.25, -0.2) is 13.2 Å². The highest BCUT2D eigenvalue weighted by molar-refractivity contribution is 7.90. The quantitative estimate of drug-likeness (QED) is 0.927. The van der Waals surface area contributed by atoms with Gasteiger partial charge in [-0.3, -0.25) is 4.72 Å². The Morgan fingerprint density at radius 1 is 1.21 bits per heavy atom. The first-order chi connectivity index (χ1) is 8.88. The van der Waals surface area contributed by atoms with Gasteiger partial charge in [0.15, 0.2) is 0 Å². The minimum absolute atomic E-state index is 0.0410. The van der Waals surface area contributed by atoms with E-state index in [0.717, 1.165) is 16.4 Å². The van der Waals surface area contributed by atoms with Gasteiger partial charge >= 0.3 is 10.2 Å². The fourth-order valence-electron chi connectivity index (χ4n) is 1.84. The molecule has 0 aliphatic carbocycles. The van der Waals surface area contributed by atoms with Crippen LogP contribution < -0.4 is 4.72 Å². The third-order valence-corrected chi connectivity index (χ3v) is 4.42. The van der Waals surface area contributed by atoms with Crippen LogP contribution in [0, 0.1) is 11.6 Å². The molecule has 1 aliphatic heterocycles. The second-order valence-corrected chi connectivity index (χ2v) is 5.98. The summed E-state index contributed by atoms with van der Waals surface area (Å²) in [5.74, 6) is -1.79. The highest BCUT2D eigenvalue weighted by Gasteiger charge is 2.28. The number of nitrogens with zero attached hydrogens (tertiary/aromatic N) is 1. The lowest BCUT2D eigenvalue weighted by Crippen LogP contribution is -2.42. The molecule has 0 bridgehead atoms. The van der Waals surface area contributed by atoms with Crippen molar-refractivity contribution in [1.82, 2.24) is 4.31 Å². The maximum absolute atomic E-state index is 13.4. The Morgan fingerprint density at radius 3 is 2.42 bits per heavy atom. The number of rotatable bonds is 3. The molecule has 2 rings (SSSR count). The first kappa shape index (κ1) is 14.1. The lowest BCUT2D eigenvalue weighted by Gasteiger charge is -2.28. The van der Waals surface area contributed by atoms with Crippen molar-refractivity contribution in [2.45, 2.75) is 19.0 Å². The van der Waals surface area contributed by atoms with Gasteiger partial charge in [0, 0.05) is 19.2 Å². The second-order valence-electron chi connectivity index (χ2n) is 4.30. The van der Waals surface area contributed by atoms with Crippen molar-refractivity contribution in [3.05, 3.63) is 29.8 Å². The Bertz CT molecular complexity index is 557. The topological polar surface area (TPSA) is 49.4 Å². The van der Waals surface area contributed by atoms with E-state index in [0.29, 0.717) is 6.07 Å². The molecule has 1 N–H and O–H groups in total. The summed E-state index contributed by atoms with van der Waals surface area (Å²) in [6, 6.07) is 2.55. The zero-order chi connectivity index (χ0) is 14.0. The maximum Gasteiger partial charge on any atom is 0.301 e. The van der Waals surface area contributed by atoms with Crippen LogP contribution >= 0.6 is 0 Å². The first-order valence-corrected chi connectivity index (χ1v) is 7.19. The normalized spacial score (nSPS) is 18.5. The summed E-state index contributed by atoms with van der Waals surface area (Å²) in [6.07, 6.45) is -0.770. The lowest BCUT2D eigenvalue weighted by molar-refractivity contribution is 0.211. The predicted octanol–water partition coefficient (Wildman–Crippen LogP) is 2.06. The Morgan fingerprint density at radius 2 is 1.84 bits per heavy atom. The van der Waals surface area contributed by atoms with Crippen LogP contribution in [0.25, 0.3) is 0 Å². The van der Waals surface area contributed by atoms with E-state index < -0.39 is 28.0 Å². The molecule has 1 fully saturated rings. The van der Waals surface area contributed by atoms with Gasteiger partial charge in [0.1, 0.15) is 17.8 Å². The molecular formula is C11H13F3N2O2S. The highest BCUT2D eigenvalue weighted by Crippen LogP contribution is 2.21. The van der Waals surface area contributed by atoms with E-state index in [9.17, 15) is 21.6 Å². The SMILES string of the molecule is O=S(=O)(Nc1ccc(F)cc1F)N1CCC(F)CC1. The van der Waals surface area contributed by atoms with Gasteiger partial charge in [0.2, 0.25) is 0 Å². The third-order valence-electron chi connectivity index (χ3n) is 2.89. The van der Waals surface area contributed by atoms with E-state index in [-0.39, 0.29) is 31.6 Å². The van der Waals surface area contributed by atoms with Crippen molar-refractivity contribution >= 4 is 15.9 Å². The van der Waals surface area contributed by atoms with Gasteiger partial charge in [0.05, 0.1) is 5.69 Å². The monoisotopic (exact) mass is 294 g/mol. The van der Waals surface area contributed by atoms with Crippen LogP contribution in [0.3, 0.4) is 0 Å². The van der Waals surface area contributed by atoms with Gasteiger partial charge in [-0.1, -0.05) is 0 Å². The van der Waals surface area contributed by atoms with Gasteiger partial charge in [-0.15, -0.1) is 0 Å². The molecule has 4 nitrogen and oxygen atoms in total. The molecule has 0 radical (unpaired) electrons. The lowest BCUT2D eigenvalue weighted by atomic mass is 10.1. The average molecular weight is 294 g/mol. The van der Waals surface area contributed by atoms with E-state index in [2.05, 4.69) is 0 Å². The molecule has 106 valence electrons. The zero-order valence-electron chi connectivity index (χ0n) is 9.94. The fourth-order valence-corrected chi connectivity index (χ4v) is 3.10. The van der Waals surface area contributed by atoms with Gasteiger partial charge in [-0.05, 0) is 25.0 Å². The first-order valence-electron chi connectivity index (χ1n) is 5.75. The molecule has 0 unspecified atom stereocenters. The van der Waals surface area contributed by atoms with Crippen LogP contribution in [0.2, 0.25) is 0 Å². The minimum Gasteiger partial charge on any atom is -0.268 e. The van der Waals surface area contributed by atoms with Crippen molar-refractivity contribution in [3.8, 4) is 0 Å².